The van der Waals surface area contributed by atoms with Gasteiger partial charge in [0.2, 0.25) is 5.91 Å². The van der Waals surface area contributed by atoms with Crippen molar-refractivity contribution >= 4 is 23.2 Å². The molecule has 19 heavy (non-hydrogen) atoms. The van der Waals surface area contributed by atoms with E-state index in [-0.39, 0.29) is 11.8 Å². The molecular weight excluding hydrogens is 256 g/mol. The van der Waals surface area contributed by atoms with Gasteiger partial charge in [0.25, 0.3) is 0 Å². The fourth-order valence-electron chi connectivity index (χ4n) is 3.34. The van der Waals surface area contributed by atoms with Crippen LogP contribution in [-0.2, 0) is 4.79 Å². The zero-order valence-electron chi connectivity index (χ0n) is 12.0. The first-order valence-electron chi connectivity index (χ1n) is 7.84. The van der Waals surface area contributed by atoms with Gasteiger partial charge in [-0.2, -0.15) is 0 Å². The molecule has 1 saturated heterocycles. The average molecular weight is 282 g/mol. The molecule has 1 unspecified atom stereocenters. The van der Waals surface area contributed by atoms with Crippen LogP contribution in [0.2, 0.25) is 0 Å². The van der Waals surface area contributed by atoms with E-state index < -0.39 is 0 Å². The highest BCUT2D eigenvalue weighted by atomic mass is 32.1. The van der Waals surface area contributed by atoms with Crippen LogP contribution in [0.15, 0.2) is 0 Å². The van der Waals surface area contributed by atoms with Crippen LogP contribution < -0.4 is 5.32 Å². The summed E-state index contributed by atoms with van der Waals surface area (Å²) in [5.74, 6) is 0.349. The topological polar surface area (TPSA) is 32.3 Å². The number of amides is 1. The predicted octanol–water partition coefficient (Wildman–Crippen LogP) is 3.23. The zero-order chi connectivity index (χ0) is 13.7. The minimum absolute atomic E-state index is 0.158. The summed E-state index contributed by atoms with van der Waals surface area (Å²) in [5, 5.41) is 3.67. The van der Waals surface area contributed by atoms with Gasteiger partial charge in [-0.15, -0.1) is 0 Å². The van der Waals surface area contributed by atoms with E-state index in [0.717, 1.165) is 25.8 Å². The van der Waals surface area contributed by atoms with Crippen LogP contribution in [0.4, 0.5) is 0 Å². The number of carbonyl (C=O) groups excluding carboxylic acids is 1. The van der Waals surface area contributed by atoms with E-state index in [2.05, 4.69) is 17.1 Å². The smallest absolute Gasteiger partial charge is 0.229 e. The van der Waals surface area contributed by atoms with Crippen molar-refractivity contribution in [1.82, 2.24) is 10.2 Å². The van der Waals surface area contributed by atoms with Gasteiger partial charge in [-0.3, -0.25) is 4.79 Å². The first-order chi connectivity index (χ1) is 9.22. The maximum atomic E-state index is 12.2. The number of piperidine rings is 1. The molecule has 1 aliphatic heterocycles. The second kappa shape index (κ2) is 7.22. The van der Waals surface area contributed by atoms with Crippen LogP contribution in [-0.4, -0.2) is 28.5 Å². The highest BCUT2D eigenvalue weighted by Gasteiger charge is 2.26. The molecule has 1 amide bonds. The summed E-state index contributed by atoms with van der Waals surface area (Å²) in [5.41, 5.74) is 0. The molecular formula is C15H26N2OS. The minimum Gasteiger partial charge on any atom is -0.346 e. The zero-order valence-corrected chi connectivity index (χ0v) is 12.8. The van der Waals surface area contributed by atoms with E-state index >= 15 is 0 Å². The molecule has 0 aromatic carbocycles. The lowest BCUT2D eigenvalue weighted by Gasteiger charge is -2.37. The monoisotopic (exact) mass is 282 g/mol. The van der Waals surface area contributed by atoms with Gasteiger partial charge >= 0.3 is 0 Å². The summed E-state index contributed by atoms with van der Waals surface area (Å²) in [6.45, 7) is 3.21. The number of nitrogens with one attached hydrogen (secondary N) is 1. The highest BCUT2D eigenvalue weighted by molar-refractivity contribution is 7.80. The summed E-state index contributed by atoms with van der Waals surface area (Å²) in [6, 6.07) is 0.521. The van der Waals surface area contributed by atoms with Crippen molar-refractivity contribution < 1.29 is 4.79 Å². The second-order valence-corrected chi connectivity index (χ2v) is 6.27. The third kappa shape index (κ3) is 3.91. The average Bonchev–Trinajstić information content (AvgIpc) is 2.48. The van der Waals surface area contributed by atoms with Crippen molar-refractivity contribution in [3.8, 4) is 0 Å². The SMILES string of the molecule is CCC1CCCCN1C(=S)NC(=O)C1CCCCC1. The van der Waals surface area contributed by atoms with E-state index in [0.29, 0.717) is 11.2 Å². The molecule has 2 rings (SSSR count). The minimum atomic E-state index is 0.158. The molecule has 1 heterocycles. The molecule has 2 fully saturated rings. The Hall–Kier alpha value is -0.640. The van der Waals surface area contributed by atoms with Crippen molar-refractivity contribution in [1.29, 1.82) is 0 Å². The van der Waals surface area contributed by atoms with Gasteiger partial charge in [-0.05, 0) is 50.7 Å². The third-order valence-corrected chi connectivity index (χ3v) is 4.90. The van der Waals surface area contributed by atoms with Crippen molar-refractivity contribution in [3.63, 3.8) is 0 Å². The molecule has 0 aromatic heterocycles. The normalized spacial score (nSPS) is 25.1. The van der Waals surface area contributed by atoms with Crippen molar-refractivity contribution in [2.45, 2.75) is 70.8 Å². The van der Waals surface area contributed by atoms with Crippen LogP contribution >= 0.6 is 12.2 Å². The van der Waals surface area contributed by atoms with Crippen LogP contribution in [0, 0.1) is 5.92 Å². The molecule has 0 spiro atoms. The summed E-state index contributed by atoms with van der Waals surface area (Å²) in [6.07, 6.45) is 10.5. The fraction of sp³-hybridized carbons (Fsp3) is 0.867. The molecule has 1 saturated carbocycles. The Morgan fingerprint density at radius 3 is 2.53 bits per heavy atom. The van der Waals surface area contributed by atoms with Crippen LogP contribution in [0.25, 0.3) is 0 Å². The Kier molecular flexibility index (Phi) is 5.61. The molecule has 1 atom stereocenters. The van der Waals surface area contributed by atoms with E-state index in [1.54, 1.807) is 0 Å². The van der Waals surface area contributed by atoms with Gasteiger partial charge in [0.15, 0.2) is 5.11 Å². The van der Waals surface area contributed by atoms with Crippen LogP contribution in [0.3, 0.4) is 0 Å². The molecule has 1 aliphatic carbocycles. The second-order valence-electron chi connectivity index (χ2n) is 5.88. The molecule has 3 nitrogen and oxygen atoms in total. The summed E-state index contributed by atoms with van der Waals surface area (Å²) in [4.78, 5) is 14.5. The first kappa shape index (κ1) is 14.8. The Bertz CT molecular complexity index is 326. The number of hydrogen-bond donors (Lipinski definition) is 1. The number of rotatable bonds is 2. The third-order valence-electron chi connectivity index (χ3n) is 4.57. The molecule has 1 N–H and O–H groups in total. The maximum Gasteiger partial charge on any atom is 0.229 e. The number of nitrogens with zero attached hydrogens (tertiary/aromatic N) is 1. The lowest BCUT2D eigenvalue weighted by molar-refractivity contribution is -0.124. The molecule has 0 bridgehead atoms. The Morgan fingerprint density at radius 2 is 1.84 bits per heavy atom. The fourth-order valence-corrected chi connectivity index (χ4v) is 3.68. The summed E-state index contributed by atoms with van der Waals surface area (Å²) in [7, 11) is 0. The molecule has 0 aromatic rings. The number of carbonyl (C=O) groups is 1. The van der Waals surface area contributed by atoms with Crippen molar-refractivity contribution in [2.75, 3.05) is 6.54 Å². The van der Waals surface area contributed by atoms with Gasteiger partial charge in [0.1, 0.15) is 0 Å². The molecule has 108 valence electrons. The van der Waals surface area contributed by atoms with Gasteiger partial charge in [0.05, 0.1) is 0 Å². The largest absolute Gasteiger partial charge is 0.346 e. The number of hydrogen-bond acceptors (Lipinski definition) is 2. The highest BCUT2D eigenvalue weighted by Crippen LogP contribution is 2.24. The van der Waals surface area contributed by atoms with Gasteiger partial charge in [-0.1, -0.05) is 26.2 Å². The summed E-state index contributed by atoms with van der Waals surface area (Å²) < 4.78 is 0. The lowest BCUT2D eigenvalue weighted by Crippen LogP contribution is -2.51. The van der Waals surface area contributed by atoms with Crippen molar-refractivity contribution in [2.24, 2.45) is 5.92 Å². The molecule has 2 aliphatic rings. The standard InChI is InChI=1S/C15H26N2OS/c1-2-13-10-6-7-11-17(13)15(19)16-14(18)12-8-4-3-5-9-12/h12-13H,2-11H2,1H3,(H,16,18,19). The van der Waals surface area contributed by atoms with Crippen LogP contribution in [0.5, 0.6) is 0 Å². The predicted molar refractivity (Wildman–Crippen MR) is 82.0 cm³/mol. The van der Waals surface area contributed by atoms with Gasteiger partial charge in [-0.25, -0.2) is 0 Å². The maximum absolute atomic E-state index is 12.2. The quantitative estimate of drug-likeness (QED) is 0.789. The Balaban J connectivity index is 1.86. The van der Waals surface area contributed by atoms with E-state index in [9.17, 15) is 4.79 Å². The Labute approximate surface area is 122 Å². The van der Waals surface area contributed by atoms with Gasteiger partial charge in [0, 0.05) is 18.5 Å². The van der Waals surface area contributed by atoms with Crippen LogP contribution in [0.1, 0.15) is 64.7 Å². The van der Waals surface area contributed by atoms with E-state index in [4.69, 9.17) is 12.2 Å². The number of thiocarbonyl (C=S) groups is 1. The summed E-state index contributed by atoms with van der Waals surface area (Å²) >= 11 is 5.46. The molecule has 4 heteroatoms. The van der Waals surface area contributed by atoms with E-state index in [1.165, 1.54) is 38.5 Å². The Morgan fingerprint density at radius 1 is 1.16 bits per heavy atom. The van der Waals surface area contributed by atoms with Gasteiger partial charge < -0.3 is 10.2 Å². The van der Waals surface area contributed by atoms with Crippen molar-refractivity contribution in [3.05, 3.63) is 0 Å². The molecule has 0 radical (unpaired) electrons. The lowest BCUT2D eigenvalue weighted by atomic mass is 9.89. The first-order valence-corrected chi connectivity index (χ1v) is 8.24. The van der Waals surface area contributed by atoms with E-state index in [1.807, 2.05) is 0 Å². The number of likely N-dealkylation sites (tertiary alicyclic amines) is 1.